The lowest BCUT2D eigenvalue weighted by atomic mass is 10.0. The van der Waals surface area contributed by atoms with Crippen LogP contribution >= 0.6 is 0 Å². The maximum Gasteiger partial charge on any atom is 0.251 e. The molecule has 1 amide bonds. The lowest BCUT2D eigenvalue weighted by Crippen LogP contribution is -2.40. The molecule has 0 heterocycles. The lowest BCUT2D eigenvalue weighted by molar-refractivity contribution is 0.0449. The van der Waals surface area contributed by atoms with Crippen LogP contribution in [0.1, 0.15) is 36.0 Å². The Kier molecular flexibility index (Phi) is 3.80. The summed E-state index contributed by atoms with van der Waals surface area (Å²) in [5.74, 6) is -5.17. The second-order valence-corrected chi connectivity index (χ2v) is 4.87. The van der Waals surface area contributed by atoms with Gasteiger partial charge in [-0.2, -0.15) is 0 Å². The molecule has 1 fully saturated rings. The zero-order valence-corrected chi connectivity index (χ0v) is 10.2. The molecule has 104 valence electrons. The number of hydrogen-bond acceptors (Lipinski definition) is 2. The Bertz CT molecular complexity index is 476. The van der Waals surface area contributed by atoms with Crippen molar-refractivity contribution in [1.29, 1.82) is 0 Å². The maximum atomic E-state index is 13.0. The van der Waals surface area contributed by atoms with Gasteiger partial charge >= 0.3 is 0 Å². The van der Waals surface area contributed by atoms with Crippen LogP contribution in [0.15, 0.2) is 12.1 Å². The number of carbonyl (C=O) groups excluding carboxylic acids is 1. The second-order valence-electron chi connectivity index (χ2n) is 4.87. The van der Waals surface area contributed by atoms with Crippen LogP contribution in [-0.4, -0.2) is 23.2 Å². The molecule has 0 radical (unpaired) electrons. The Morgan fingerprint density at radius 2 is 1.74 bits per heavy atom. The Morgan fingerprint density at radius 1 is 1.21 bits per heavy atom. The predicted octanol–water partition coefficient (Wildman–Crippen LogP) is 2.14. The van der Waals surface area contributed by atoms with Gasteiger partial charge in [0.05, 0.1) is 5.60 Å². The smallest absolute Gasteiger partial charge is 0.251 e. The third-order valence-electron chi connectivity index (χ3n) is 3.36. The molecule has 0 bridgehead atoms. The van der Waals surface area contributed by atoms with E-state index in [0.29, 0.717) is 25.0 Å². The number of nitrogens with one attached hydrogen (secondary N) is 1. The maximum absolute atomic E-state index is 13.0. The van der Waals surface area contributed by atoms with Crippen molar-refractivity contribution in [2.75, 3.05) is 6.54 Å². The number of hydrogen-bond donors (Lipinski definition) is 2. The quantitative estimate of drug-likeness (QED) is 0.829. The van der Waals surface area contributed by atoms with E-state index in [1.165, 1.54) is 0 Å². The molecule has 0 atom stereocenters. The highest BCUT2D eigenvalue weighted by atomic mass is 19.2. The van der Waals surface area contributed by atoms with Gasteiger partial charge in [-0.05, 0) is 25.0 Å². The second kappa shape index (κ2) is 5.21. The van der Waals surface area contributed by atoms with Crippen molar-refractivity contribution in [3.05, 3.63) is 35.1 Å². The van der Waals surface area contributed by atoms with Crippen LogP contribution in [0.5, 0.6) is 0 Å². The van der Waals surface area contributed by atoms with Gasteiger partial charge in [0, 0.05) is 12.1 Å². The first-order valence-electron chi connectivity index (χ1n) is 6.06. The third-order valence-corrected chi connectivity index (χ3v) is 3.36. The highest BCUT2D eigenvalue weighted by Gasteiger charge is 2.31. The van der Waals surface area contributed by atoms with E-state index in [0.717, 1.165) is 12.8 Å². The van der Waals surface area contributed by atoms with Crippen LogP contribution in [0.25, 0.3) is 0 Å². The van der Waals surface area contributed by atoms with Crippen molar-refractivity contribution in [3.8, 4) is 0 Å². The SMILES string of the molecule is O=C(NCC1(O)CCCC1)c1cc(F)c(F)c(F)c1. The van der Waals surface area contributed by atoms with E-state index in [4.69, 9.17) is 0 Å². The summed E-state index contributed by atoms with van der Waals surface area (Å²) < 4.78 is 38.7. The van der Waals surface area contributed by atoms with E-state index < -0.39 is 29.0 Å². The fourth-order valence-electron chi connectivity index (χ4n) is 2.24. The Morgan fingerprint density at radius 3 is 2.26 bits per heavy atom. The minimum absolute atomic E-state index is 0.0203. The Labute approximate surface area is 108 Å². The number of amides is 1. The first-order valence-corrected chi connectivity index (χ1v) is 6.06. The molecule has 3 nitrogen and oxygen atoms in total. The van der Waals surface area contributed by atoms with Gasteiger partial charge in [-0.15, -0.1) is 0 Å². The molecule has 2 rings (SSSR count). The number of aliphatic hydroxyl groups is 1. The number of rotatable bonds is 3. The van der Waals surface area contributed by atoms with Crippen LogP contribution in [0.3, 0.4) is 0 Å². The van der Waals surface area contributed by atoms with Gasteiger partial charge in [0.2, 0.25) is 0 Å². The molecule has 1 aliphatic rings. The van der Waals surface area contributed by atoms with Crippen molar-refractivity contribution >= 4 is 5.91 Å². The minimum atomic E-state index is -1.61. The average molecular weight is 273 g/mol. The summed E-state index contributed by atoms with van der Waals surface area (Å²) in [7, 11) is 0. The van der Waals surface area contributed by atoms with E-state index in [1.54, 1.807) is 0 Å². The summed E-state index contributed by atoms with van der Waals surface area (Å²) in [5.41, 5.74) is -1.26. The summed E-state index contributed by atoms with van der Waals surface area (Å²) >= 11 is 0. The number of benzene rings is 1. The lowest BCUT2D eigenvalue weighted by Gasteiger charge is -2.22. The van der Waals surface area contributed by atoms with Gasteiger partial charge in [0.25, 0.3) is 5.91 Å². The Balaban J connectivity index is 2.04. The number of halogens is 3. The summed E-state index contributed by atoms with van der Waals surface area (Å²) in [6.45, 7) is 0.0203. The zero-order valence-electron chi connectivity index (χ0n) is 10.2. The summed E-state index contributed by atoms with van der Waals surface area (Å²) in [6.07, 6.45) is 2.93. The van der Waals surface area contributed by atoms with E-state index >= 15 is 0 Å². The standard InChI is InChI=1S/C13H14F3NO2/c14-9-5-8(6-10(15)11(9)16)12(18)17-7-13(19)3-1-2-4-13/h5-6,19H,1-4,7H2,(H,17,18). The van der Waals surface area contributed by atoms with Crippen molar-refractivity contribution in [2.24, 2.45) is 0 Å². The van der Waals surface area contributed by atoms with Crippen molar-refractivity contribution in [3.63, 3.8) is 0 Å². The van der Waals surface area contributed by atoms with Crippen LogP contribution in [0.2, 0.25) is 0 Å². The first-order chi connectivity index (χ1) is 8.91. The molecule has 0 saturated heterocycles. The molecule has 2 N–H and O–H groups in total. The van der Waals surface area contributed by atoms with Crippen LogP contribution in [-0.2, 0) is 0 Å². The van der Waals surface area contributed by atoms with Gasteiger partial charge in [-0.3, -0.25) is 4.79 Å². The summed E-state index contributed by atoms with van der Waals surface area (Å²) in [4.78, 5) is 11.7. The first kappa shape index (κ1) is 13.9. The third kappa shape index (κ3) is 3.07. The average Bonchev–Trinajstić information content (AvgIpc) is 2.80. The molecule has 6 heteroatoms. The van der Waals surface area contributed by atoms with Gasteiger partial charge in [0.15, 0.2) is 17.5 Å². The molecule has 0 unspecified atom stereocenters. The molecule has 1 saturated carbocycles. The molecule has 0 spiro atoms. The molecule has 1 aromatic carbocycles. The van der Waals surface area contributed by atoms with Crippen LogP contribution in [0.4, 0.5) is 13.2 Å². The van der Waals surface area contributed by atoms with Gasteiger partial charge in [-0.25, -0.2) is 13.2 Å². The summed E-state index contributed by atoms with van der Waals surface area (Å²) in [5, 5.41) is 12.4. The minimum Gasteiger partial charge on any atom is -0.388 e. The summed E-state index contributed by atoms with van der Waals surface area (Å²) in [6, 6.07) is 1.26. The van der Waals surface area contributed by atoms with Crippen LogP contribution in [0, 0.1) is 17.5 Å². The monoisotopic (exact) mass is 273 g/mol. The number of carbonyl (C=O) groups is 1. The fraction of sp³-hybridized carbons (Fsp3) is 0.462. The normalized spacial score (nSPS) is 17.5. The van der Waals surface area contributed by atoms with Gasteiger partial charge < -0.3 is 10.4 Å². The largest absolute Gasteiger partial charge is 0.388 e. The molecule has 1 aliphatic carbocycles. The van der Waals surface area contributed by atoms with E-state index in [1.807, 2.05) is 0 Å². The molecular formula is C13H14F3NO2. The zero-order chi connectivity index (χ0) is 14.0. The Hall–Kier alpha value is -1.56. The molecule has 19 heavy (non-hydrogen) atoms. The van der Waals surface area contributed by atoms with Crippen molar-refractivity contribution < 1.29 is 23.1 Å². The fourth-order valence-corrected chi connectivity index (χ4v) is 2.24. The molecule has 0 aromatic heterocycles. The van der Waals surface area contributed by atoms with Crippen molar-refractivity contribution in [1.82, 2.24) is 5.32 Å². The van der Waals surface area contributed by atoms with Gasteiger partial charge in [-0.1, -0.05) is 12.8 Å². The highest BCUT2D eigenvalue weighted by molar-refractivity contribution is 5.94. The van der Waals surface area contributed by atoms with Gasteiger partial charge in [0.1, 0.15) is 0 Å². The van der Waals surface area contributed by atoms with Crippen LogP contribution < -0.4 is 5.32 Å². The van der Waals surface area contributed by atoms with E-state index in [9.17, 15) is 23.1 Å². The van der Waals surface area contributed by atoms with E-state index in [2.05, 4.69) is 5.32 Å². The highest BCUT2D eigenvalue weighted by Crippen LogP contribution is 2.28. The van der Waals surface area contributed by atoms with E-state index in [-0.39, 0.29) is 12.1 Å². The topological polar surface area (TPSA) is 49.3 Å². The van der Waals surface area contributed by atoms with Crippen molar-refractivity contribution in [2.45, 2.75) is 31.3 Å². The molecule has 0 aliphatic heterocycles. The molecular weight excluding hydrogens is 259 g/mol. The predicted molar refractivity (Wildman–Crippen MR) is 62.1 cm³/mol. The molecule has 1 aromatic rings.